The highest BCUT2D eigenvalue weighted by Crippen LogP contribution is 2.38. The van der Waals surface area contributed by atoms with Crippen LogP contribution in [-0.4, -0.2) is 45.6 Å². The van der Waals surface area contributed by atoms with Crippen molar-refractivity contribution in [2.75, 3.05) is 24.6 Å². The lowest BCUT2D eigenvalue weighted by Gasteiger charge is -2.35. The first-order valence-electron chi connectivity index (χ1n) is 9.80. The molecule has 2 aliphatic heterocycles. The predicted octanol–water partition coefficient (Wildman–Crippen LogP) is 3.00. The molecule has 1 unspecified atom stereocenters. The average Bonchev–Trinajstić information content (AvgIpc) is 3.19. The third-order valence-corrected chi connectivity index (χ3v) is 7.78. The Balaban J connectivity index is 1.47. The topological polar surface area (TPSA) is 75.7 Å². The van der Waals surface area contributed by atoms with Crippen LogP contribution in [-0.2, 0) is 14.6 Å². The number of nitrogens with one attached hydrogen (secondary N) is 1. The molecule has 31 heavy (non-hydrogen) atoms. The molecule has 4 rings (SSSR count). The second kappa shape index (κ2) is 8.16. The summed E-state index contributed by atoms with van der Waals surface area (Å²) < 4.78 is 67.6. The van der Waals surface area contributed by atoms with Crippen LogP contribution in [0.25, 0.3) is 0 Å². The minimum Gasteiger partial charge on any atom is -0.484 e. The molecule has 3 atom stereocenters. The van der Waals surface area contributed by atoms with E-state index in [1.165, 1.54) is 24.3 Å². The number of hydrogen-bond donors (Lipinski definition) is 1. The van der Waals surface area contributed by atoms with E-state index < -0.39 is 33.9 Å². The maximum atomic E-state index is 13.1. The third-order valence-electron chi connectivity index (χ3n) is 5.67. The molecule has 0 aromatic heterocycles. The number of carbonyl (C=O) groups excluding carboxylic acids is 1. The highest BCUT2D eigenvalue weighted by Gasteiger charge is 2.50. The van der Waals surface area contributed by atoms with Gasteiger partial charge in [0, 0.05) is 24.7 Å². The fourth-order valence-corrected chi connectivity index (χ4v) is 6.14. The lowest BCUT2D eigenvalue weighted by Crippen LogP contribution is -2.47. The van der Waals surface area contributed by atoms with Gasteiger partial charge >= 0.3 is 6.18 Å². The molecule has 6 nitrogen and oxygen atoms in total. The SMILES string of the molecule is O=C1[C@H]2CNC(S(=O)(=O)c3ccccc3)[C@H]2CCN1c1ccc(OCC(F)(F)F)cc1. The second-order valence-corrected chi connectivity index (χ2v) is 9.70. The van der Waals surface area contributed by atoms with Crippen molar-refractivity contribution in [1.29, 1.82) is 0 Å². The van der Waals surface area contributed by atoms with E-state index in [1.54, 1.807) is 35.2 Å². The number of piperidine rings is 1. The zero-order valence-electron chi connectivity index (χ0n) is 16.4. The fourth-order valence-electron chi connectivity index (χ4n) is 4.21. The number of hydrogen-bond acceptors (Lipinski definition) is 5. The molecule has 2 aromatic rings. The lowest BCUT2D eigenvalue weighted by molar-refractivity contribution is -0.153. The molecule has 0 bridgehead atoms. The molecular weight excluding hydrogens is 433 g/mol. The summed E-state index contributed by atoms with van der Waals surface area (Å²) in [6.45, 7) is -0.809. The number of halogens is 3. The quantitative estimate of drug-likeness (QED) is 0.752. The first-order valence-corrected chi connectivity index (χ1v) is 11.3. The molecule has 2 saturated heterocycles. The number of nitrogens with zero attached hydrogens (tertiary/aromatic N) is 1. The van der Waals surface area contributed by atoms with Gasteiger partial charge in [0.15, 0.2) is 16.4 Å². The number of fused-ring (bicyclic) bond motifs is 1. The van der Waals surface area contributed by atoms with Gasteiger partial charge in [-0.05, 0) is 42.8 Å². The number of anilines is 1. The Hall–Kier alpha value is -2.59. The second-order valence-electron chi connectivity index (χ2n) is 7.63. The van der Waals surface area contributed by atoms with Gasteiger partial charge in [0.05, 0.1) is 10.8 Å². The smallest absolute Gasteiger partial charge is 0.422 e. The largest absolute Gasteiger partial charge is 0.484 e. The lowest BCUT2D eigenvalue weighted by atomic mass is 9.87. The molecule has 0 aliphatic carbocycles. The van der Waals surface area contributed by atoms with E-state index in [4.69, 9.17) is 4.74 Å². The van der Waals surface area contributed by atoms with E-state index in [1.807, 2.05) is 0 Å². The summed E-state index contributed by atoms with van der Waals surface area (Å²) in [6.07, 6.45) is -3.94. The normalized spacial score (nSPS) is 24.2. The Morgan fingerprint density at radius 3 is 2.39 bits per heavy atom. The highest BCUT2D eigenvalue weighted by molar-refractivity contribution is 7.92. The molecule has 10 heteroatoms. The Morgan fingerprint density at radius 1 is 1.06 bits per heavy atom. The maximum Gasteiger partial charge on any atom is 0.422 e. The summed E-state index contributed by atoms with van der Waals surface area (Å²) >= 11 is 0. The van der Waals surface area contributed by atoms with Gasteiger partial charge in [-0.2, -0.15) is 13.2 Å². The van der Waals surface area contributed by atoms with Crippen LogP contribution in [0, 0.1) is 11.8 Å². The van der Waals surface area contributed by atoms with Gasteiger partial charge in [-0.3, -0.25) is 10.1 Å². The van der Waals surface area contributed by atoms with Gasteiger partial charge in [0.1, 0.15) is 11.1 Å². The molecule has 0 radical (unpaired) electrons. The van der Waals surface area contributed by atoms with Gasteiger partial charge in [-0.25, -0.2) is 8.42 Å². The van der Waals surface area contributed by atoms with E-state index in [0.29, 0.717) is 18.7 Å². The third kappa shape index (κ3) is 4.40. The monoisotopic (exact) mass is 454 g/mol. The van der Waals surface area contributed by atoms with Crippen LogP contribution in [0.4, 0.5) is 18.9 Å². The van der Waals surface area contributed by atoms with Gasteiger partial charge in [0.2, 0.25) is 5.91 Å². The van der Waals surface area contributed by atoms with E-state index in [9.17, 15) is 26.4 Å². The maximum absolute atomic E-state index is 13.1. The number of sulfone groups is 1. The van der Waals surface area contributed by atoms with Crippen LogP contribution in [0.1, 0.15) is 6.42 Å². The molecule has 0 saturated carbocycles. The van der Waals surface area contributed by atoms with Crippen molar-refractivity contribution in [2.24, 2.45) is 11.8 Å². The Kier molecular flexibility index (Phi) is 5.69. The fraction of sp³-hybridized carbons (Fsp3) is 0.381. The molecule has 1 amide bonds. The van der Waals surface area contributed by atoms with Crippen molar-refractivity contribution in [1.82, 2.24) is 5.32 Å². The Labute approximate surface area is 177 Å². The minimum atomic E-state index is -4.43. The van der Waals surface area contributed by atoms with Crippen LogP contribution in [0.5, 0.6) is 5.75 Å². The molecular formula is C21H21F3N2O4S. The predicted molar refractivity (Wildman–Crippen MR) is 107 cm³/mol. The molecule has 2 fully saturated rings. The van der Waals surface area contributed by atoms with Crippen LogP contribution in [0.3, 0.4) is 0 Å². The first kappa shape index (κ1) is 21.6. The Morgan fingerprint density at radius 2 is 1.74 bits per heavy atom. The van der Waals surface area contributed by atoms with Gasteiger partial charge < -0.3 is 9.64 Å². The molecule has 0 spiro atoms. The van der Waals surface area contributed by atoms with E-state index in [0.717, 1.165) is 0 Å². The number of carbonyl (C=O) groups is 1. The summed E-state index contributed by atoms with van der Waals surface area (Å²) in [7, 11) is -3.63. The molecule has 1 N–H and O–H groups in total. The summed E-state index contributed by atoms with van der Waals surface area (Å²) in [6, 6.07) is 14.0. The summed E-state index contributed by atoms with van der Waals surface area (Å²) in [5, 5.41) is 2.19. The Bertz CT molecular complexity index is 1040. The molecule has 2 heterocycles. The van der Waals surface area contributed by atoms with E-state index in [-0.39, 0.29) is 29.0 Å². The summed E-state index contributed by atoms with van der Waals surface area (Å²) in [4.78, 5) is 14.8. The van der Waals surface area contributed by atoms with Crippen molar-refractivity contribution in [3.63, 3.8) is 0 Å². The standard InChI is InChI=1S/C21H21F3N2O4S/c22-21(23,24)13-30-15-8-6-14(7-9-15)26-11-10-17-18(20(26)27)12-25-19(17)31(28,29)16-4-2-1-3-5-16/h1-9,17-19,25H,10-13H2/t17-,18-,19?/m0/s1. The van der Waals surface area contributed by atoms with Gasteiger partial charge in [-0.1, -0.05) is 18.2 Å². The van der Waals surface area contributed by atoms with Crippen molar-refractivity contribution < 1.29 is 31.1 Å². The van der Waals surface area contributed by atoms with Gasteiger partial charge in [0.25, 0.3) is 0 Å². The summed E-state index contributed by atoms with van der Waals surface area (Å²) in [5.41, 5.74) is 0.539. The number of rotatable bonds is 5. The number of ether oxygens (including phenoxy) is 1. The molecule has 2 aliphatic rings. The minimum absolute atomic E-state index is 0.0555. The van der Waals surface area contributed by atoms with Crippen LogP contribution in [0.2, 0.25) is 0 Å². The number of amides is 1. The molecule has 166 valence electrons. The number of benzene rings is 2. The first-order chi connectivity index (χ1) is 14.7. The van der Waals surface area contributed by atoms with Crippen molar-refractivity contribution >= 4 is 21.4 Å². The number of alkyl halides is 3. The summed E-state index contributed by atoms with van der Waals surface area (Å²) in [5.74, 6) is -0.972. The zero-order valence-corrected chi connectivity index (χ0v) is 17.2. The van der Waals surface area contributed by atoms with Crippen molar-refractivity contribution in [3.8, 4) is 5.75 Å². The van der Waals surface area contributed by atoms with E-state index in [2.05, 4.69) is 5.32 Å². The highest BCUT2D eigenvalue weighted by atomic mass is 32.2. The average molecular weight is 454 g/mol. The zero-order chi connectivity index (χ0) is 22.2. The van der Waals surface area contributed by atoms with Crippen LogP contribution >= 0.6 is 0 Å². The van der Waals surface area contributed by atoms with Crippen molar-refractivity contribution in [2.45, 2.75) is 22.9 Å². The van der Waals surface area contributed by atoms with Crippen molar-refractivity contribution in [3.05, 3.63) is 54.6 Å². The van der Waals surface area contributed by atoms with Gasteiger partial charge in [-0.15, -0.1) is 0 Å². The molecule has 2 aromatic carbocycles. The van der Waals surface area contributed by atoms with E-state index >= 15 is 0 Å². The van der Waals surface area contributed by atoms with Crippen LogP contribution < -0.4 is 15.0 Å². The van der Waals surface area contributed by atoms with Crippen LogP contribution in [0.15, 0.2) is 59.5 Å².